The van der Waals surface area contributed by atoms with Gasteiger partial charge in [0.2, 0.25) is 0 Å². The van der Waals surface area contributed by atoms with E-state index in [0.717, 1.165) is 27.6 Å². The van der Waals surface area contributed by atoms with Gasteiger partial charge in [0.05, 0.1) is 6.21 Å². The number of ether oxygens (including phenoxy) is 1. The molecule has 4 heteroatoms. The molecule has 0 aliphatic rings. The lowest BCUT2D eigenvalue weighted by atomic mass is 10.0. The molecule has 0 radical (unpaired) electrons. The number of nitrogens with one attached hydrogen (secondary N) is 1. The Balaban J connectivity index is 1.41. The molecular formula is C25H20N2O2. The van der Waals surface area contributed by atoms with E-state index >= 15 is 0 Å². The van der Waals surface area contributed by atoms with Crippen LogP contribution in [0.15, 0.2) is 102 Å². The number of hydrogen-bond donors (Lipinski definition) is 1. The van der Waals surface area contributed by atoms with Gasteiger partial charge in [-0.15, -0.1) is 0 Å². The summed E-state index contributed by atoms with van der Waals surface area (Å²) in [6.07, 6.45) is 1.61. The van der Waals surface area contributed by atoms with Gasteiger partial charge in [-0.3, -0.25) is 4.79 Å². The normalized spacial score (nSPS) is 10.9. The van der Waals surface area contributed by atoms with E-state index in [1.165, 1.54) is 0 Å². The molecule has 0 aliphatic heterocycles. The molecule has 4 nitrogen and oxygen atoms in total. The molecule has 1 N–H and O–H groups in total. The third-order valence-electron chi connectivity index (χ3n) is 4.52. The molecule has 0 atom stereocenters. The first-order valence-electron chi connectivity index (χ1n) is 9.37. The van der Waals surface area contributed by atoms with Crippen molar-refractivity contribution in [2.75, 3.05) is 0 Å². The van der Waals surface area contributed by atoms with Gasteiger partial charge in [-0.2, -0.15) is 5.10 Å². The Morgan fingerprint density at radius 1 is 0.862 bits per heavy atom. The molecule has 4 aromatic carbocycles. The molecule has 0 fully saturated rings. The Morgan fingerprint density at radius 3 is 2.52 bits per heavy atom. The Morgan fingerprint density at radius 2 is 1.62 bits per heavy atom. The van der Waals surface area contributed by atoms with Gasteiger partial charge in [0.15, 0.2) is 0 Å². The molecule has 0 spiro atoms. The highest BCUT2D eigenvalue weighted by molar-refractivity contribution is 6.07. The zero-order chi connectivity index (χ0) is 19.9. The summed E-state index contributed by atoms with van der Waals surface area (Å²) in [5.41, 5.74) is 5.15. The van der Waals surface area contributed by atoms with Crippen LogP contribution in [0.25, 0.3) is 10.8 Å². The van der Waals surface area contributed by atoms with Crippen molar-refractivity contribution in [3.63, 3.8) is 0 Å². The van der Waals surface area contributed by atoms with E-state index in [9.17, 15) is 4.79 Å². The Bertz CT molecular complexity index is 1150. The van der Waals surface area contributed by atoms with Gasteiger partial charge >= 0.3 is 0 Å². The summed E-state index contributed by atoms with van der Waals surface area (Å²) in [5, 5.41) is 6.03. The molecular weight excluding hydrogens is 360 g/mol. The summed E-state index contributed by atoms with van der Waals surface area (Å²) in [7, 11) is 0. The summed E-state index contributed by atoms with van der Waals surface area (Å²) in [6.45, 7) is 0.499. The van der Waals surface area contributed by atoms with Gasteiger partial charge in [-0.05, 0) is 40.1 Å². The van der Waals surface area contributed by atoms with Gasteiger partial charge in [0, 0.05) is 5.56 Å². The zero-order valence-corrected chi connectivity index (χ0v) is 15.8. The van der Waals surface area contributed by atoms with Crippen LogP contribution < -0.4 is 10.2 Å². The third-order valence-corrected chi connectivity index (χ3v) is 4.52. The molecule has 0 saturated carbocycles. The number of amides is 1. The summed E-state index contributed by atoms with van der Waals surface area (Å²) in [6, 6.07) is 31.0. The van der Waals surface area contributed by atoms with Crippen LogP contribution in [0.3, 0.4) is 0 Å². The minimum atomic E-state index is -0.241. The standard InChI is InChI=1S/C25H20N2O2/c28-25(24-15-7-12-21-11-4-5-14-23(21)24)27-26-17-20-10-6-13-22(16-20)29-18-19-8-2-1-3-9-19/h1-17H,18H2,(H,27,28)/b26-17-. The fourth-order valence-electron chi connectivity index (χ4n) is 3.07. The van der Waals surface area contributed by atoms with Gasteiger partial charge in [-0.25, -0.2) is 5.43 Å². The van der Waals surface area contributed by atoms with Crippen molar-refractivity contribution in [2.24, 2.45) is 5.10 Å². The first-order chi connectivity index (χ1) is 14.3. The lowest BCUT2D eigenvalue weighted by molar-refractivity contribution is 0.0957. The minimum absolute atomic E-state index is 0.241. The number of carbonyl (C=O) groups is 1. The Hall–Kier alpha value is -3.92. The number of rotatable bonds is 6. The fraction of sp³-hybridized carbons (Fsp3) is 0.0400. The summed E-state index contributed by atoms with van der Waals surface area (Å²) in [4.78, 5) is 12.5. The molecule has 0 saturated heterocycles. The topological polar surface area (TPSA) is 50.7 Å². The van der Waals surface area contributed by atoms with Crippen LogP contribution >= 0.6 is 0 Å². The number of hydrogen-bond acceptors (Lipinski definition) is 3. The van der Waals surface area contributed by atoms with Gasteiger partial charge in [-0.1, -0.05) is 78.9 Å². The first kappa shape index (κ1) is 18.4. The SMILES string of the molecule is O=C(N/N=C\c1cccc(OCc2ccccc2)c1)c1cccc2ccccc12. The molecule has 4 rings (SSSR count). The molecule has 0 aliphatic carbocycles. The molecule has 142 valence electrons. The van der Waals surface area contributed by atoms with E-state index in [0.29, 0.717) is 12.2 Å². The van der Waals surface area contributed by atoms with Crippen LogP contribution in [0.2, 0.25) is 0 Å². The quantitative estimate of drug-likeness (QED) is 0.370. The average molecular weight is 380 g/mol. The highest BCUT2D eigenvalue weighted by Crippen LogP contribution is 2.18. The number of carbonyl (C=O) groups excluding carboxylic acids is 1. The lowest BCUT2D eigenvalue weighted by Crippen LogP contribution is -2.17. The van der Waals surface area contributed by atoms with E-state index in [2.05, 4.69) is 10.5 Å². The number of benzene rings is 4. The monoisotopic (exact) mass is 380 g/mol. The zero-order valence-electron chi connectivity index (χ0n) is 15.8. The van der Waals surface area contributed by atoms with Gasteiger partial charge in [0.1, 0.15) is 12.4 Å². The van der Waals surface area contributed by atoms with Crippen LogP contribution in [0, 0.1) is 0 Å². The van der Waals surface area contributed by atoms with Crippen molar-refractivity contribution in [3.05, 3.63) is 114 Å². The van der Waals surface area contributed by atoms with Crippen molar-refractivity contribution in [2.45, 2.75) is 6.61 Å². The summed E-state index contributed by atoms with van der Waals surface area (Å²) in [5.74, 6) is 0.507. The van der Waals surface area contributed by atoms with E-state index in [1.54, 1.807) is 12.3 Å². The van der Waals surface area contributed by atoms with E-state index in [4.69, 9.17) is 4.74 Å². The van der Waals surface area contributed by atoms with Crippen molar-refractivity contribution in [1.29, 1.82) is 0 Å². The predicted molar refractivity (Wildman–Crippen MR) is 116 cm³/mol. The smallest absolute Gasteiger partial charge is 0.271 e. The fourth-order valence-corrected chi connectivity index (χ4v) is 3.07. The van der Waals surface area contributed by atoms with Crippen LogP contribution in [-0.2, 0) is 6.61 Å². The Kier molecular flexibility index (Phi) is 5.63. The van der Waals surface area contributed by atoms with Crippen LogP contribution in [0.1, 0.15) is 21.5 Å². The second-order valence-corrected chi connectivity index (χ2v) is 6.57. The van der Waals surface area contributed by atoms with Crippen LogP contribution in [0.5, 0.6) is 5.75 Å². The first-order valence-corrected chi connectivity index (χ1v) is 9.37. The number of fused-ring (bicyclic) bond motifs is 1. The largest absolute Gasteiger partial charge is 0.489 e. The summed E-state index contributed by atoms with van der Waals surface area (Å²) >= 11 is 0. The third kappa shape index (κ3) is 4.68. The van der Waals surface area contributed by atoms with Crippen LogP contribution in [-0.4, -0.2) is 12.1 Å². The number of nitrogens with zero attached hydrogens (tertiary/aromatic N) is 1. The van der Waals surface area contributed by atoms with Crippen molar-refractivity contribution >= 4 is 22.9 Å². The molecule has 0 aromatic heterocycles. The highest BCUT2D eigenvalue weighted by atomic mass is 16.5. The Labute approximate surface area is 169 Å². The van der Waals surface area contributed by atoms with Crippen molar-refractivity contribution in [1.82, 2.24) is 5.43 Å². The second-order valence-electron chi connectivity index (χ2n) is 6.57. The maximum atomic E-state index is 12.5. The van der Waals surface area contributed by atoms with E-state index in [-0.39, 0.29) is 5.91 Å². The molecule has 0 heterocycles. The maximum Gasteiger partial charge on any atom is 0.271 e. The number of hydrazone groups is 1. The predicted octanol–water partition coefficient (Wildman–Crippen LogP) is 5.18. The molecule has 4 aromatic rings. The van der Waals surface area contributed by atoms with Crippen LogP contribution in [0.4, 0.5) is 0 Å². The van der Waals surface area contributed by atoms with Crippen molar-refractivity contribution < 1.29 is 9.53 Å². The molecule has 0 bridgehead atoms. The molecule has 1 amide bonds. The highest BCUT2D eigenvalue weighted by Gasteiger charge is 2.08. The van der Waals surface area contributed by atoms with E-state index < -0.39 is 0 Å². The molecule has 29 heavy (non-hydrogen) atoms. The maximum absolute atomic E-state index is 12.5. The van der Waals surface area contributed by atoms with E-state index in [1.807, 2.05) is 91.0 Å². The lowest BCUT2D eigenvalue weighted by Gasteiger charge is -2.07. The van der Waals surface area contributed by atoms with Crippen molar-refractivity contribution in [3.8, 4) is 5.75 Å². The van der Waals surface area contributed by atoms with Gasteiger partial charge in [0.25, 0.3) is 5.91 Å². The average Bonchev–Trinajstić information content (AvgIpc) is 2.78. The minimum Gasteiger partial charge on any atom is -0.489 e. The summed E-state index contributed by atoms with van der Waals surface area (Å²) < 4.78 is 5.83. The van der Waals surface area contributed by atoms with Gasteiger partial charge < -0.3 is 4.74 Å². The second kappa shape index (κ2) is 8.85. The molecule has 0 unspecified atom stereocenters.